The fourth-order valence-electron chi connectivity index (χ4n) is 6.17. The lowest BCUT2D eigenvalue weighted by Gasteiger charge is -2.36. The molecule has 3 amide bonds. The van der Waals surface area contributed by atoms with Crippen molar-refractivity contribution in [2.45, 2.75) is 69.4 Å². The van der Waals surface area contributed by atoms with Gasteiger partial charge in [0, 0.05) is 51.2 Å². The first kappa shape index (κ1) is 48.4. The van der Waals surface area contributed by atoms with Crippen LogP contribution in [0, 0.1) is 11.8 Å². The average Bonchev–Trinajstić information content (AvgIpc) is 3.20. The van der Waals surface area contributed by atoms with E-state index in [1.165, 1.54) is 4.90 Å². The zero-order valence-electron chi connectivity index (χ0n) is 33.9. The molecule has 0 unspecified atom stereocenters. The molecule has 0 spiro atoms. The molecule has 0 radical (unpaired) electrons. The molecule has 3 rings (SSSR count). The van der Waals surface area contributed by atoms with Crippen LogP contribution in [-0.2, 0) is 28.7 Å². The van der Waals surface area contributed by atoms with Gasteiger partial charge in [-0.25, -0.2) is 4.79 Å². The van der Waals surface area contributed by atoms with Crippen molar-refractivity contribution in [1.29, 1.82) is 0 Å². The Kier molecular flexibility index (Phi) is 20.8. The highest BCUT2D eigenvalue weighted by Crippen LogP contribution is 2.49. The van der Waals surface area contributed by atoms with Crippen molar-refractivity contribution in [1.82, 2.24) is 20.9 Å². The molecular formula is C43H60N4O6S3. The fourth-order valence-corrected chi connectivity index (χ4v) is 8.48. The second-order valence-electron chi connectivity index (χ2n) is 14.3. The number of hydrogen-bond donors (Lipinski definition) is 5. The lowest BCUT2D eigenvalue weighted by atomic mass is 9.84. The molecular weight excluding hydrogens is 765 g/mol. The molecule has 3 aromatic rings. The Balaban J connectivity index is 0.000000610. The number of nitrogens with zero attached hydrogens (tertiary/aromatic N) is 1. The fraction of sp³-hybridized carbons (Fsp3) is 0.465. The summed E-state index contributed by atoms with van der Waals surface area (Å²) in [6.07, 6.45) is 0.0754. The van der Waals surface area contributed by atoms with E-state index in [2.05, 4.69) is 77.6 Å². The van der Waals surface area contributed by atoms with Gasteiger partial charge in [-0.2, -0.15) is 25.3 Å². The first-order valence-electron chi connectivity index (χ1n) is 18.8. The number of thioether (sulfide) groups is 1. The number of rotatable bonds is 19. The van der Waals surface area contributed by atoms with Gasteiger partial charge in [0.2, 0.25) is 11.8 Å². The Morgan fingerprint density at radius 3 is 1.48 bits per heavy atom. The summed E-state index contributed by atoms with van der Waals surface area (Å²) in [6, 6.07) is 29.8. The quantitative estimate of drug-likeness (QED) is 0.0690. The third-order valence-electron chi connectivity index (χ3n) is 9.22. The van der Waals surface area contributed by atoms with E-state index >= 15 is 0 Å². The number of Topliss-reactive ketones (excluding diaryl/α,β-unsaturated/α-hetero) is 2. The maximum Gasteiger partial charge on any atom is 0.410 e. The maximum atomic E-state index is 13.6. The van der Waals surface area contributed by atoms with Gasteiger partial charge in [-0.1, -0.05) is 97.9 Å². The van der Waals surface area contributed by atoms with Gasteiger partial charge in [0.1, 0.15) is 5.60 Å². The van der Waals surface area contributed by atoms with Crippen LogP contribution in [0.3, 0.4) is 0 Å². The molecule has 0 aliphatic heterocycles. The molecule has 13 heteroatoms. The van der Waals surface area contributed by atoms with Crippen molar-refractivity contribution in [2.24, 2.45) is 11.8 Å². The van der Waals surface area contributed by atoms with Gasteiger partial charge in [0.25, 0.3) is 0 Å². The number of thiol groups is 2. The lowest BCUT2D eigenvalue weighted by Crippen LogP contribution is -2.46. The highest BCUT2D eigenvalue weighted by Gasteiger charge is 2.39. The first-order chi connectivity index (χ1) is 26.6. The Morgan fingerprint density at radius 2 is 1.12 bits per heavy atom. The van der Waals surface area contributed by atoms with Gasteiger partial charge < -0.3 is 25.6 Å². The highest BCUT2D eigenvalue weighted by atomic mass is 32.2. The van der Waals surface area contributed by atoms with Crippen molar-refractivity contribution >= 4 is 66.5 Å². The smallest absolute Gasteiger partial charge is 0.410 e. The number of carbonyl (C=O) groups excluding carboxylic acids is 5. The van der Waals surface area contributed by atoms with Crippen molar-refractivity contribution in [3.8, 4) is 0 Å². The van der Waals surface area contributed by atoms with Gasteiger partial charge in [-0.05, 0) is 50.9 Å². The van der Waals surface area contributed by atoms with Crippen LogP contribution in [-0.4, -0.2) is 97.5 Å². The van der Waals surface area contributed by atoms with Gasteiger partial charge in [0.15, 0.2) is 11.6 Å². The summed E-state index contributed by atoms with van der Waals surface area (Å²) < 4.78 is 4.88. The topological polar surface area (TPSA) is 134 Å². The van der Waals surface area contributed by atoms with Crippen LogP contribution in [0.5, 0.6) is 0 Å². The van der Waals surface area contributed by atoms with E-state index in [1.54, 1.807) is 60.7 Å². The first-order valence-corrected chi connectivity index (χ1v) is 21.0. The number of carbonyl (C=O) groups is 5. The molecule has 0 aromatic heterocycles. The molecule has 0 saturated heterocycles. The minimum absolute atomic E-state index is 0.00449. The zero-order chi connectivity index (χ0) is 41.9. The van der Waals surface area contributed by atoms with Crippen LogP contribution in [0.1, 0.15) is 63.6 Å². The normalized spacial score (nSPS) is 13.5. The molecule has 4 atom stereocenters. The van der Waals surface area contributed by atoms with E-state index in [4.69, 9.17) is 4.74 Å². The monoisotopic (exact) mass is 824 g/mol. The van der Waals surface area contributed by atoms with Gasteiger partial charge in [-0.15, -0.1) is 11.8 Å². The van der Waals surface area contributed by atoms with Crippen molar-refractivity contribution in [3.63, 3.8) is 0 Å². The Morgan fingerprint density at radius 1 is 0.696 bits per heavy atom. The third kappa shape index (κ3) is 14.0. The van der Waals surface area contributed by atoms with E-state index < -0.39 is 28.4 Å². The number of hydrogen-bond acceptors (Lipinski definition) is 10. The van der Waals surface area contributed by atoms with E-state index in [0.29, 0.717) is 23.7 Å². The SMILES string of the molecule is CC[C@H](C(=O)C[C@H](CSC(c1ccccc1)(c1ccccc1)c1ccccc1)C(=O)NC)N(C)C(=O)OC(C)(C)C.CNC(=O)[C@@H](CS)CC(=O)[C@@H](CS)NC. The summed E-state index contributed by atoms with van der Waals surface area (Å²) in [5.74, 6) is -0.297. The number of benzene rings is 3. The predicted molar refractivity (Wildman–Crippen MR) is 235 cm³/mol. The number of likely N-dealkylation sites (N-methyl/N-ethyl adjacent to an activating group) is 2. The van der Waals surface area contributed by atoms with E-state index in [1.807, 2.05) is 61.5 Å². The average molecular weight is 825 g/mol. The molecule has 0 aliphatic carbocycles. The maximum absolute atomic E-state index is 13.6. The minimum atomic E-state index is -0.691. The Bertz CT molecular complexity index is 1570. The zero-order valence-corrected chi connectivity index (χ0v) is 36.5. The number of ether oxygens (including phenoxy) is 1. The lowest BCUT2D eigenvalue weighted by molar-refractivity contribution is -0.130. The van der Waals surface area contributed by atoms with Crippen LogP contribution in [0.15, 0.2) is 91.0 Å². The molecule has 56 heavy (non-hydrogen) atoms. The number of amides is 3. The van der Waals surface area contributed by atoms with Crippen LogP contribution in [0.4, 0.5) is 4.79 Å². The van der Waals surface area contributed by atoms with Crippen LogP contribution in [0.2, 0.25) is 0 Å². The Labute approximate surface area is 348 Å². The van der Waals surface area contributed by atoms with Crippen molar-refractivity contribution in [3.05, 3.63) is 108 Å². The van der Waals surface area contributed by atoms with E-state index in [9.17, 15) is 24.0 Å². The molecule has 3 aromatic carbocycles. The minimum Gasteiger partial charge on any atom is -0.444 e. The molecule has 0 aliphatic rings. The van der Waals surface area contributed by atoms with Crippen molar-refractivity contribution < 1.29 is 28.7 Å². The number of nitrogens with one attached hydrogen (secondary N) is 3. The second kappa shape index (κ2) is 24.1. The molecule has 306 valence electrons. The molecule has 0 fully saturated rings. The van der Waals surface area contributed by atoms with Gasteiger partial charge in [-0.3, -0.25) is 19.2 Å². The second-order valence-corrected chi connectivity index (χ2v) is 16.2. The molecule has 0 saturated carbocycles. The summed E-state index contributed by atoms with van der Waals surface area (Å²) >= 11 is 9.76. The standard InChI is InChI=1S/C34H42N2O4S.C9H18N2O2S2/c1-7-29(36(6)32(39)40-33(2,3)4)30(37)23-25(31(38)35-5)24-41-34(26-17-11-8-12-18-26,27-19-13-9-14-20-27)28-21-15-10-16-22-28;1-10-7(5-15)8(12)3-6(4-14)9(13)11-2/h8-22,25,29H,7,23-24H2,1-6H3,(H,35,38);6-7,10,14-15H,3-5H2,1-2H3,(H,11,13)/t25-,29-;6-,7-/m11/s1. The summed E-state index contributed by atoms with van der Waals surface area (Å²) in [5.41, 5.74) is 2.57. The molecule has 0 heterocycles. The molecule has 3 N–H and O–H groups in total. The Hall–Kier alpha value is -3.78. The van der Waals surface area contributed by atoms with Crippen LogP contribution < -0.4 is 16.0 Å². The van der Waals surface area contributed by atoms with Crippen LogP contribution in [0.25, 0.3) is 0 Å². The highest BCUT2D eigenvalue weighted by molar-refractivity contribution is 8.00. The van der Waals surface area contributed by atoms with E-state index in [-0.39, 0.29) is 48.2 Å². The predicted octanol–water partition coefficient (Wildman–Crippen LogP) is 6.43. The van der Waals surface area contributed by atoms with Crippen LogP contribution >= 0.6 is 37.0 Å². The van der Waals surface area contributed by atoms with Gasteiger partial charge in [0.05, 0.1) is 28.7 Å². The summed E-state index contributed by atoms with van der Waals surface area (Å²) in [7, 11) is 6.42. The summed E-state index contributed by atoms with van der Waals surface area (Å²) in [6.45, 7) is 7.23. The summed E-state index contributed by atoms with van der Waals surface area (Å²) in [4.78, 5) is 63.9. The van der Waals surface area contributed by atoms with Gasteiger partial charge >= 0.3 is 6.09 Å². The molecule has 10 nitrogen and oxygen atoms in total. The largest absolute Gasteiger partial charge is 0.444 e. The molecule has 0 bridgehead atoms. The van der Waals surface area contributed by atoms with Crippen molar-refractivity contribution in [2.75, 3.05) is 45.4 Å². The van der Waals surface area contributed by atoms with E-state index in [0.717, 1.165) is 16.7 Å². The summed E-state index contributed by atoms with van der Waals surface area (Å²) in [5, 5.41) is 8.13. The number of ketones is 2. The third-order valence-corrected chi connectivity index (χ3v) is 11.7.